The summed E-state index contributed by atoms with van der Waals surface area (Å²) in [5.74, 6) is 1.50. The van der Waals surface area contributed by atoms with Gasteiger partial charge in [0.05, 0.1) is 19.5 Å². The molecule has 2 aromatic carbocycles. The van der Waals surface area contributed by atoms with Gasteiger partial charge >= 0.3 is 0 Å². The van der Waals surface area contributed by atoms with Crippen LogP contribution < -0.4 is 9.47 Å². The molecule has 0 heterocycles. The second kappa shape index (κ2) is 11.8. The van der Waals surface area contributed by atoms with Crippen LogP contribution in [0.5, 0.6) is 11.5 Å². The summed E-state index contributed by atoms with van der Waals surface area (Å²) in [7, 11) is -0.271. The first-order chi connectivity index (χ1) is 14.4. The Bertz CT molecular complexity index is 827. The molecule has 1 atom stereocenters. The Labute approximate surface area is 181 Å². The molecule has 164 valence electrons. The second-order valence-electron chi connectivity index (χ2n) is 7.29. The third-order valence-corrected chi connectivity index (χ3v) is 7.41. The molecule has 0 aliphatic heterocycles. The fourth-order valence-electron chi connectivity index (χ4n) is 3.38. The molecule has 0 aliphatic rings. The van der Waals surface area contributed by atoms with Crippen LogP contribution in [0.25, 0.3) is 0 Å². The summed E-state index contributed by atoms with van der Waals surface area (Å²) in [6, 6.07) is 15.1. The highest BCUT2D eigenvalue weighted by atomic mass is 32.2. The molecular formula is C24H33NO4S. The Morgan fingerprint density at radius 3 is 1.73 bits per heavy atom. The Morgan fingerprint density at radius 2 is 1.37 bits per heavy atom. The summed E-state index contributed by atoms with van der Waals surface area (Å²) in [5, 5.41) is -0.419. The fourth-order valence-corrected chi connectivity index (χ4v) is 5.43. The van der Waals surface area contributed by atoms with Crippen LogP contribution in [-0.2, 0) is 23.1 Å². The molecule has 0 aliphatic carbocycles. The van der Waals surface area contributed by atoms with Gasteiger partial charge in [-0.05, 0) is 54.7 Å². The Kier molecular flexibility index (Phi) is 9.40. The fraction of sp³-hybridized carbons (Fsp3) is 0.417. The third-order valence-electron chi connectivity index (χ3n) is 5.12. The number of benzene rings is 2. The van der Waals surface area contributed by atoms with E-state index in [1.807, 2.05) is 55.5 Å². The van der Waals surface area contributed by atoms with Crippen molar-refractivity contribution >= 4 is 10.0 Å². The molecule has 0 saturated carbocycles. The van der Waals surface area contributed by atoms with Crippen molar-refractivity contribution in [2.45, 2.75) is 50.9 Å². The lowest BCUT2D eigenvalue weighted by atomic mass is 10.1. The maximum Gasteiger partial charge on any atom is 0.217 e. The highest BCUT2D eigenvalue weighted by molar-refractivity contribution is 7.89. The lowest BCUT2D eigenvalue weighted by Gasteiger charge is -2.28. The molecule has 5 nitrogen and oxygen atoms in total. The van der Waals surface area contributed by atoms with Crippen molar-refractivity contribution in [2.24, 2.45) is 0 Å². The largest absolute Gasteiger partial charge is 0.497 e. The van der Waals surface area contributed by atoms with E-state index in [1.165, 1.54) is 0 Å². The molecule has 0 aromatic heterocycles. The number of rotatable bonds is 13. The van der Waals surface area contributed by atoms with Gasteiger partial charge < -0.3 is 9.47 Å². The average Bonchev–Trinajstić information content (AvgIpc) is 2.77. The third kappa shape index (κ3) is 6.61. The molecule has 2 aromatic rings. The number of hydrogen-bond donors (Lipinski definition) is 0. The average molecular weight is 432 g/mol. The first-order valence-corrected chi connectivity index (χ1v) is 11.8. The molecule has 30 heavy (non-hydrogen) atoms. The van der Waals surface area contributed by atoms with E-state index >= 15 is 0 Å². The van der Waals surface area contributed by atoms with Crippen LogP contribution in [0.4, 0.5) is 0 Å². The molecule has 0 bridgehead atoms. The highest BCUT2D eigenvalue weighted by Gasteiger charge is 2.31. The maximum atomic E-state index is 13.6. The van der Waals surface area contributed by atoms with Crippen LogP contribution in [-0.4, -0.2) is 32.2 Å². The zero-order chi connectivity index (χ0) is 22.0. The normalized spacial score (nSPS) is 12.5. The van der Waals surface area contributed by atoms with Crippen molar-refractivity contribution in [1.29, 1.82) is 0 Å². The van der Waals surface area contributed by atoms with E-state index in [0.29, 0.717) is 32.4 Å². The van der Waals surface area contributed by atoms with Crippen molar-refractivity contribution in [1.82, 2.24) is 4.31 Å². The molecule has 0 N–H and O–H groups in total. The Hall–Kier alpha value is -2.31. The van der Waals surface area contributed by atoms with Gasteiger partial charge in [0.25, 0.3) is 0 Å². The Morgan fingerprint density at radius 1 is 0.900 bits per heavy atom. The molecule has 0 radical (unpaired) electrons. The van der Waals surface area contributed by atoms with Gasteiger partial charge in [-0.15, -0.1) is 6.58 Å². The van der Waals surface area contributed by atoms with Crippen molar-refractivity contribution in [3.63, 3.8) is 0 Å². The van der Waals surface area contributed by atoms with Crippen LogP contribution in [0.2, 0.25) is 0 Å². The lowest BCUT2D eigenvalue weighted by molar-refractivity contribution is 0.386. The monoisotopic (exact) mass is 431 g/mol. The molecule has 0 amide bonds. The number of sulfonamides is 1. The minimum absolute atomic E-state index is 0.312. The minimum atomic E-state index is -3.50. The zero-order valence-corrected chi connectivity index (χ0v) is 19.0. The number of allylic oxidation sites excluding steroid dienone is 1. The topological polar surface area (TPSA) is 55.8 Å². The first kappa shape index (κ1) is 24.0. The van der Waals surface area contributed by atoms with Crippen molar-refractivity contribution in [3.05, 3.63) is 72.3 Å². The lowest BCUT2D eigenvalue weighted by Crippen LogP contribution is -2.38. The van der Waals surface area contributed by atoms with E-state index in [2.05, 4.69) is 6.58 Å². The first-order valence-electron chi connectivity index (χ1n) is 10.3. The zero-order valence-electron chi connectivity index (χ0n) is 18.2. The summed E-state index contributed by atoms with van der Waals surface area (Å²) in [5.41, 5.74) is 1.85. The quantitative estimate of drug-likeness (QED) is 0.411. The summed E-state index contributed by atoms with van der Waals surface area (Å²) >= 11 is 0. The molecule has 1 unspecified atom stereocenters. The van der Waals surface area contributed by atoms with E-state index in [1.54, 1.807) is 24.6 Å². The van der Waals surface area contributed by atoms with Gasteiger partial charge in [-0.25, -0.2) is 8.42 Å². The molecule has 0 fully saturated rings. The van der Waals surface area contributed by atoms with Gasteiger partial charge in [0.2, 0.25) is 10.0 Å². The summed E-state index contributed by atoms with van der Waals surface area (Å²) < 4.78 is 39.3. The van der Waals surface area contributed by atoms with Crippen LogP contribution in [0.15, 0.2) is 61.2 Å². The predicted molar refractivity (Wildman–Crippen MR) is 122 cm³/mol. The maximum absolute atomic E-state index is 13.6. The van der Waals surface area contributed by atoms with E-state index in [9.17, 15) is 8.42 Å². The van der Waals surface area contributed by atoms with Gasteiger partial charge in [-0.3, -0.25) is 0 Å². The summed E-state index contributed by atoms with van der Waals surface area (Å²) in [4.78, 5) is 0. The van der Waals surface area contributed by atoms with Gasteiger partial charge in [0, 0.05) is 13.1 Å². The molecule has 6 heteroatoms. The molecule has 0 saturated heterocycles. The summed E-state index contributed by atoms with van der Waals surface area (Å²) in [6.07, 6.45) is 4.51. The Balaban J connectivity index is 2.34. The van der Waals surface area contributed by atoms with Gasteiger partial charge in [0.15, 0.2) is 0 Å². The number of hydrogen-bond acceptors (Lipinski definition) is 4. The SMILES string of the molecule is C=CCCC(CCC)S(=O)(=O)N(Cc1ccc(OC)cc1)Cc1ccc(OC)cc1. The molecule has 2 rings (SSSR count). The molecule has 0 spiro atoms. The predicted octanol–water partition coefficient (Wildman–Crippen LogP) is 5.17. The summed E-state index contributed by atoms with van der Waals surface area (Å²) in [6.45, 7) is 6.40. The van der Waals surface area contributed by atoms with Crippen LogP contribution in [0, 0.1) is 0 Å². The van der Waals surface area contributed by atoms with E-state index < -0.39 is 15.3 Å². The molecular weight excluding hydrogens is 398 g/mol. The van der Waals surface area contributed by atoms with Crippen molar-refractivity contribution < 1.29 is 17.9 Å². The van der Waals surface area contributed by atoms with Gasteiger partial charge in [0.1, 0.15) is 11.5 Å². The van der Waals surface area contributed by atoms with Gasteiger partial charge in [-0.2, -0.15) is 4.31 Å². The van der Waals surface area contributed by atoms with Gasteiger partial charge in [-0.1, -0.05) is 43.7 Å². The highest BCUT2D eigenvalue weighted by Crippen LogP contribution is 2.25. The number of methoxy groups -OCH3 is 2. The minimum Gasteiger partial charge on any atom is -0.497 e. The van der Waals surface area contributed by atoms with E-state index in [-0.39, 0.29) is 0 Å². The number of nitrogens with zero attached hydrogens (tertiary/aromatic N) is 1. The van der Waals surface area contributed by atoms with Crippen molar-refractivity contribution in [2.75, 3.05) is 14.2 Å². The number of ether oxygens (including phenoxy) is 2. The standard InChI is InChI=1S/C24H33NO4S/c1-5-7-9-24(8-6-2)30(26,27)25(18-20-10-14-22(28-3)15-11-20)19-21-12-16-23(29-4)17-13-21/h5,10-17,24H,1,6-9,18-19H2,2-4H3. The van der Waals surface area contributed by atoms with E-state index in [4.69, 9.17) is 9.47 Å². The van der Waals surface area contributed by atoms with E-state index in [0.717, 1.165) is 29.0 Å². The van der Waals surface area contributed by atoms with Crippen LogP contribution in [0.3, 0.4) is 0 Å². The second-order valence-corrected chi connectivity index (χ2v) is 9.50. The van der Waals surface area contributed by atoms with Crippen LogP contribution >= 0.6 is 0 Å². The van der Waals surface area contributed by atoms with Crippen molar-refractivity contribution in [3.8, 4) is 11.5 Å². The van der Waals surface area contributed by atoms with Crippen LogP contribution in [0.1, 0.15) is 43.7 Å². The smallest absolute Gasteiger partial charge is 0.217 e.